The van der Waals surface area contributed by atoms with E-state index in [1.807, 2.05) is 13.8 Å². The quantitative estimate of drug-likeness (QED) is 0.680. The van der Waals surface area contributed by atoms with Gasteiger partial charge in [-0.1, -0.05) is 13.8 Å². The van der Waals surface area contributed by atoms with Gasteiger partial charge < -0.3 is 14.6 Å². The third-order valence-corrected chi connectivity index (χ3v) is 2.69. The van der Waals surface area contributed by atoms with Gasteiger partial charge in [0.05, 0.1) is 25.4 Å². The summed E-state index contributed by atoms with van der Waals surface area (Å²) in [4.78, 5) is 10.6. The molecular weight excluding hydrogens is 184 g/mol. The Bertz CT molecular complexity index is 204. The second-order valence-electron chi connectivity index (χ2n) is 4.00. The van der Waals surface area contributed by atoms with E-state index in [0.717, 1.165) is 0 Å². The summed E-state index contributed by atoms with van der Waals surface area (Å²) in [6.07, 6.45) is -0.399. The minimum Gasteiger partial charge on any atom is -0.465 e. The molecule has 0 bridgehead atoms. The van der Waals surface area contributed by atoms with Crippen LogP contribution >= 0.6 is 0 Å². The van der Waals surface area contributed by atoms with Crippen molar-refractivity contribution >= 4 is 5.97 Å². The third kappa shape index (κ3) is 2.69. The van der Waals surface area contributed by atoms with Gasteiger partial charge in [0.2, 0.25) is 0 Å². The molecule has 0 amide bonds. The van der Waals surface area contributed by atoms with E-state index in [2.05, 4.69) is 0 Å². The van der Waals surface area contributed by atoms with Gasteiger partial charge in [0, 0.05) is 18.8 Å². The summed E-state index contributed by atoms with van der Waals surface area (Å²) >= 11 is 0. The van der Waals surface area contributed by atoms with Gasteiger partial charge in [-0.05, 0) is 0 Å². The highest BCUT2D eigenvalue weighted by molar-refractivity contribution is 5.65. The molecule has 1 rings (SSSR count). The number of carbonyl (C=O) groups excluding carboxylic acids is 1. The summed E-state index contributed by atoms with van der Waals surface area (Å²) in [5.74, 6) is -0.0327. The van der Waals surface area contributed by atoms with Crippen LogP contribution in [-0.4, -0.2) is 36.5 Å². The number of hydrogen-bond acceptors (Lipinski definition) is 4. The zero-order valence-electron chi connectivity index (χ0n) is 8.90. The van der Waals surface area contributed by atoms with Crippen molar-refractivity contribution in [2.24, 2.45) is 11.8 Å². The predicted molar refractivity (Wildman–Crippen MR) is 50.7 cm³/mol. The summed E-state index contributed by atoms with van der Waals surface area (Å²) in [5, 5.41) is 9.46. The highest BCUT2D eigenvalue weighted by atomic mass is 16.5. The fourth-order valence-electron chi connectivity index (χ4n) is 1.76. The Labute approximate surface area is 84.2 Å². The number of aliphatic hydroxyl groups excluding tert-OH is 1. The smallest absolute Gasteiger partial charge is 0.302 e. The van der Waals surface area contributed by atoms with Crippen molar-refractivity contribution in [2.75, 3.05) is 13.2 Å². The average molecular weight is 202 g/mol. The summed E-state index contributed by atoms with van der Waals surface area (Å²) in [6, 6.07) is 0. The van der Waals surface area contributed by atoms with Crippen molar-refractivity contribution < 1.29 is 19.4 Å². The molecular formula is C10H18O4. The summed E-state index contributed by atoms with van der Waals surface area (Å²) in [5.41, 5.74) is 0. The fourth-order valence-corrected chi connectivity index (χ4v) is 1.76. The van der Waals surface area contributed by atoms with E-state index in [4.69, 9.17) is 9.47 Å². The highest BCUT2D eigenvalue weighted by Gasteiger charge is 2.36. The standard InChI is InChI=1S/C10H18O4/c1-6(4-13-8(3)11)10-7(2)9(12)5-14-10/h6-7,9-10,12H,4-5H2,1-3H3/t6?,7-,9?,10?/m0/s1. The van der Waals surface area contributed by atoms with Crippen LogP contribution < -0.4 is 0 Å². The van der Waals surface area contributed by atoms with Crippen LogP contribution in [0.15, 0.2) is 0 Å². The fraction of sp³-hybridized carbons (Fsp3) is 0.900. The van der Waals surface area contributed by atoms with Gasteiger partial charge in [0.25, 0.3) is 0 Å². The van der Waals surface area contributed by atoms with Gasteiger partial charge in [-0.3, -0.25) is 4.79 Å². The van der Waals surface area contributed by atoms with Crippen molar-refractivity contribution in [2.45, 2.75) is 33.0 Å². The monoisotopic (exact) mass is 202 g/mol. The lowest BCUT2D eigenvalue weighted by Gasteiger charge is -2.22. The minimum absolute atomic E-state index is 0.00986. The average Bonchev–Trinajstić information content (AvgIpc) is 2.44. The maximum Gasteiger partial charge on any atom is 0.302 e. The highest BCUT2D eigenvalue weighted by Crippen LogP contribution is 2.26. The lowest BCUT2D eigenvalue weighted by molar-refractivity contribution is -0.143. The van der Waals surface area contributed by atoms with Crippen LogP contribution in [0.25, 0.3) is 0 Å². The molecule has 3 unspecified atom stereocenters. The van der Waals surface area contributed by atoms with Crippen LogP contribution in [0.5, 0.6) is 0 Å². The molecule has 1 fully saturated rings. The number of esters is 1. The molecule has 1 heterocycles. The Morgan fingerprint density at radius 3 is 2.79 bits per heavy atom. The van der Waals surface area contributed by atoms with E-state index in [1.54, 1.807) is 0 Å². The molecule has 0 radical (unpaired) electrons. The molecule has 0 aromatic carbocycles. The lowest BCUT2D eigenvalue weighted by atomic mass is 9.92. The summed E-state index contributed by atoms with van der Waals surface area (Å²) < 4.78 is 10.3. The molecule has 0 saturated carbocycles. The van der Waals surface area contributed by atoms with E-state index in [0.29, 0.717) is 13.2 Å². The molecule has 82 valence electrons. The molecule has 4 heteroatoms. The largest absolute Gasteiger partial charge is 0.465 e. The molecule has 1 aliphatic rings. The number of carbonyl (C=O) groups is 1. The number of aliphatic hydroxyl groups is 1. The summed E-state index contributed by atoms with van der Waals surface area (Å²) in [6.45, 7) is 6.04. The zero-order valence-corrected chi connectivity index (χ0v) is 8.90. The lowest BCUT2D eigenvalue weighted by Crippen LogP contribution is -2.29. The van der Waals surface area contributed by atoms with Gasteiger partial charge in [0.15, 0.2) is 0 Å². The maximum atomic E-state index is 10.6. The minimum atomic E-state index is -0.389. The van der Waals surface area contributed by atoms with E-state index < -0.39 is 0 Å². The molecule has 0 aromatic heterocycles. The number of hydrogen-bond donors (Lipinski definition) is 1. The van der Waals surface area contributed by atoms with Crippen LogP contribution in [0, 0.1) is 11.8 Å². The third-order valence-electron chi connectivity index (χ3n) is 2.69. The van der Waals surface area contributed by atoms with Crippen LogP contribution in [-0.2, 0) is 14.3 Å². The molecule has 4 atom stereocenters. The number of rotatable bonds is 3. The molecule has 1 saturated heterocycles. The van der Waals surface area contributed by atoms with Crippen molar-refractivity contribution in [3.05, 3.63) is 0 Å². The van der Waals surface area contributed by atoms with Crippen LogP contribution in [0.3, 0.4) is 0 Å². The SMILES string of the molecule is CC(=O)OCC(C)C1OCC(O)[C@@H]1C. The molecule has 4 nitrogen and oxygen atoms in total. The van der Waals surface area contributed by atoms with Gasteiger partial charge in [-0.2, -0.15) is 0 Å². The second-order valence-corrected chi connectivity index (χ2v) is 4.00. The van der Waals surface area contributed by atoms with Gasteiger partial charge >= 0.3 is 5.97 Å². The predicted octanol–water partition coefficient (Wildman–Crippen LogP) is 0.581. The van der Waals surface area contributed by atoms with E-state index in [9.17, 15) is 9.90 Å². The normalized spacial score (nSPS) is 34.1. The topological polar surface area (TPSA) is 55.8 Å². The van der Waals surface area contributed by atoms with Crippen molar-refractivity contribution in [1.29, 1.82) is 0 Å². The summed E-state index contributed by atoms with van der Waals surface area (Å²) in [7, 11) is 0. The first-order valence-electron chi connectivity index (χ1n) is 4.95. The Kier molecular flexibility index (Phi) is 3.89. The molecule has 1 aliphatic heterocycles. The van der Waals surface area contributed by atoms with E-state index in [-0.39, 0.29) is 30.0 Å². The van der Waals surface area contributed by atoms with Crippen LogP contribution in [0.1, 0.15) is 20.8 Å². The molecule has 1 N–H and O–H groups in total. The second kappa shape index (κ2) is 4.75. The zero-order chi connectivity index (χ0) is 10.7. The van der Waals surface area contributed by atoms with Crippen molar-refractivity contribution in [3.8, 4) is 0 Å². The van der Waals surface area contributed by atoms with Gasteiger partial charge in [0.1, 0.15) is 0 Å². The van der Waals surface area contributed by atoms with Gasteiger partial charge in [-0.25, -0.2) is 0 Å². The Balaban J connectivity index is 2.37. The number of ether oxygens (including phenoxy) is 2. The van der Waals surface area contributed by atoms with Crippen molar-refractivity contribution in [1.82, 2.24) is 0 Å². The van der Waals surface area contributed by atoms with E-state index >= 15 is 0 Å². The Morgan fingerprint density at radius 1 is 1.71 bits per heavy atom. The molecule has 0 aromatic rings. The first kappa shape index (κ1) is 11.5. The van der Waals surface area contributed by atoms with Crippen LogP contribution in [0.4, 0.5) is 0 Å². The van der Waals surface area contributed by atoms with Crippen molar-refractivity contribution in [3.63, 3.8) is 0 Å². The van der Waals surface area contributed by atoms with Crippen LogP contribution in [0.2, 0.25) is 0 Å². The van der Waals surface area contributed by atoms with Gasteiger partial charge in [-0.15, -0.1) is 0 Å². The first-order valence-corrected chi connectivity index (χ1v) is 4.95. The first-order chi connectivity index (χ1) is 6.52. The molecule has 14 heavy (non-hydrogen) atoms. The Morgan fingerprint density at radius 2 is 2.36 bits per heavy atom. The Hall–Kier alpha value is -0.610. The molecule has 0 aliphatic carbocycles. The molecule has 0 spiro atoms. The van der Waals surface area contributed by atoms with E-state index in [1.165, 1.54) is 6.92 Å². The maximum absolute atomic E-state index is 10.6.